The molecule has 1 aliphatic carbocycles. The first-order chi connectivity index (χ1) is 9.06. The van der Waals surface area contributed by atoms with Gasteiger partial charge in [0.15, 0.2) is 0 Å². The van der Waals surface area contributed by atoms with Crippen molar-refractivity contribution in [3.8, 4) is 0 Å². The van der Waals surface area contributed by atoms with E-state index in [1.165, 1.54) is 25.7 Å². The lowest BCUT2D eigenvalue weighted by atomic mass is 10.0. The summed E-state index contributed by atoms with van der Waals surface area (Å²) in [6.45, 7) is 3.96. The van der Waals surface area contributed by atoms with E-state index in [1.54, 1.807) is 0 Å². The number of anilines is 2. The van der Waals surface area contributed by atoms with Gasteiger partial charge in [0, 0.05) is 17.8 Å². The average molecular weight is 260 g/mol. The Hall–Kier alpha value is -1.51. The van der Waals surface area contributed by atoms with Crippen LogP contribution in [0.3, 0.4) is 0 Å². The van der Waals surface area contributed by atoms with Crippen LogP contribution in [-0.4, -0.2) is 5.91 Å². The van der Waals surface area contributed by atoms with Crippen molar-refractivity contribution >= 4 is 17.3 Å². The van der Waals surface area contributed by atoms with Crippen LogP contribution in [-0.2, 0) is 4.79 Å². The Bertz CT molecular complexity index is 439. The zero-order valence-corrected chi connectivity index (χ0v) is 12.0. The molecule has 0 spiro atoms. The van der Waals surface area contributed by atoms with Crippen LogP contribution in [0.1, 0.15) is 49.7 Å². The van der Waals surface area contributed by atoms with E-state index in [-0.39, 0.29) is 5.91 Å². The van der Waals surface area contributed by atoms with Crippen molar-refractivity contribution in [2.75, 3.05) is 11.1 Å². The summed E-state index contributed by atoms with van der Waals surface area (Å²) < 4.78 is 0. The van der Waals surface area contributed by atoms with Gasteiger partial charge in [-0.15, -0.1) is 0 Å². The van der Waals surface area contributed by atoms with Gasteiger partial charge in [0.25, 0.3) is 0 Å². The van der Waals surface area contributed by atoms with Crippen LogP contribution in [0.4, 0.5) is 11.4 Å². The van der Waals surface area contributed by atoms with Gasteiger partial charge in [-0.05, 0) is 49.4 Å². The van der Waals surface area contributed by atoms with Crippen molar-refractivity contribution in [3.63, 3.8) is 0 Å². The van der Waals surface area contributed by atoms with Gasteiger partial charge in [0.1, 0.15) is 0 Å². The van der Waals surface area contributed by atoms with Crippen LogP contribution in [0.15, 0.2) is 12.1 Å². The van der Waals surface area contributed by atoms with Crippen molar-refractivity contribution in [1.82, 2.24) is 0 Å². The molecule has 0 unspecified atom stereocenters. The van der Waals surface area contributed by atoms with Gasteiger partial charge < -0.3 is 11.1 Å². The monoisotopic (exact) mass is 260 g/mol. The number of hydrogen-bond donors (Lipinski definition) is 2. The number of nitrogens with one attached hydrogen (secondary N) is 1. The van der Waals surface area contributed by atoms with Crippen molar-refractivity contribution in [2.24, 2.45) is 5.92 Å². The first-order valence-corrected chi connectivity index (χ1v) is 7.23. The van der Waals surface area contributed by atoms with E-state index < -0.39 is 0 Å². The van der Waals surface area contributed by atoms with Crippen LogP contribution in [0.25, 0.3) is 0 Å². The molecule has 0 heterocycles. The van der Waals surface area contributed by atoms with Crippen molar-refractivity contribution in [2.45, 2.75) is 52.4 Å². The Labute approximate surface area is 115 Å². The quantitative estimate of drug-likeness (QED) is 0.809. The van der Waals surface area contributed by atoms with Crippen LogP contribution in [0, 0.1) is 19.8 Å². The van der Waals surface area contributed by atoms with E-state index in [1.807, 2.05) is 26.0 Å². The van der Waals surface area contributed by atoms with Gasteiger partial charge in [0.2, 0.25) is 5.91 Å². The zero-order chi connectivity index (χ0) is 13.8. The highest BCUT2D eigenvalue weighted by Crippen LogP contribution is 2.29. The minimum atomic E-state index is 0.128. The number of hydrogen-bond acceptors (Lipinski definition) is 2. The summed E-state index contributed by atoms with van der Waals surface area (Å²) in [6.07, 6.45) is 6.93. The minimum absolute atomic E-state index is 0.128. The molecule has 0 atom stereocenters. The molecule has 3 nitrogen and oxygen atoms in total. The first-order valence-electron chi connectivity index (χ1n) is 7.23. The lowest BCUT2D eigenvalue weighted by Crippen LogP contribution is -2.14. The number of carbonyl (C=O) groups is 1. The number of benzene rings is 1. The van der Waals surface area contributed by atoms with E-state index in [0.29, 0.717) is 6.42 Å². The number of rotatable bonds is 4. The highest BCUT2D eigenvalue weighted by molar-refractivity contribution is 5.92. The Morgan fingerprint density at radius 1 is 1.26 bits per heavy atom. The topological polar surface area (TPSA) is 55.1 Å². The summed E-state index contributed by atoms with van der Waals surface area (Å²) in [7, 11) is 0. The Balaban J connectivity index is 1.91. The molecule has 2 rings (SSSR count). The van der Waals surface area contributed by atoms with Gasteiger partial charge in [-0.2, -0.15) is 0 Å². The molecule has 1 aromatic carbocycles. The summed E-state index contributed by atoms with van der Waals surface area (Å²) in [4.78, 5) is 12.0. The second kappa shape index (κ2) is 6.09. The van der Waals surface area contributed by atoms with Crippen molar-refractivity contribution in [1.29, 1.82) is 0 Å². The largest absolute Gasteiger partial charge is 0.399 e. The molecule has 1 aliphatic rings. The van der Waals surface area contributed by atoms with Crippen LogP contribution >= 0.6 is 0 Å². The molecule has 0 aromatic heterocycles. The molecular formula is C16H24N2O. The van der Waals surface area contributed by atoms with Crippen LogP contribution in [0.5, 0.6) is 0 Å². The third-order valence-electron chi connectivity index (χ3n) is 4.07. The Morgan fingerprint density at radius 3 is 2.42 bits per heavy atom. The van der Waals surface area contributed by atoms with Gasteiger partial charge in [-0.25, -0.2) is 0 Å². The van der Waals surface area contributed by atoms with Gasteiger partial charge in [-0.1, -0.05) is 25.7 Å². The fraction of sp³-hybridized carbons (Fsp3) is 0.562. The molecule has 0 radical (unpaired) electrons. The second-order valence-corrected chi connectivity index (χ2v) is 5.77. The van der Waals surface area contributed by atoms with E-state index in [4.69, 9.17) is 5.73 Å². The van der Waals surface area contributed by atoms with Crippen molar-refractivity contribution in [3.05, 3.63) is 23.3 Å². The SMILES string of the molecule is Cc1cc(N)cc(C)c1NC(=O)CCC1CCCC1. The summed E-state index contributed by atoms with van der Waals surface area (Å²) in [6, 6.07) is 3.80. The highest BCUT2D eigenvalue weighted by Gasteiger charge is 2.16. The maximum Gasteiger partial charge on any atom is 0.224 e. The molecule has 3 N–H and O–H groups in total. The number of amides is 1. The standard InChI is InChI=1S/C16H24N2O/c1-11-9-14(17)10-12(2)16(11)18-15(19)8-7-13-5-3-4-6-13/h9-10,13H,3-8,17H2,1-2H3,(H,18,19). The molecule has 1 amide bonds. The molecule has 0 saturated heterocycles. The number of nitrogens with two attached hydrogens (primary N) is 1. The van der Waals surface area contributed by atoms with Gasteiger partial charge in [0.05, 0.1) is 0 Å². The lowest BCUT2D eigenvalue weighted by molar-refractivity contribution is -0.116. The maximum atomic E-state index is 12.0. The maximum absolute atomic E-state index is 12.0. The fourth-order valence-electron chi connectivity index (χ4n) is 3.03. The van der Waals surface area contributed by atoms with Crippen LogP contribution in [0.2, 0.25) is 0 Å². The molecule has 0 aliphatic heterocycles. The normalized spacial score (nSPS) is 15.7. The second-order valence-electron chi connectivity index (χ2n) is 5.77. The molecule has 19 heavy (non-hydrogen) atoms. The number of aryl methyl sites for hydroxylation is 2. The van der Waals surface area contributed by atoms with E-state index in [0.717, 1.165) is 34.8 Å². The molecule has 0 bridgehead atoms. The van der Waals surface area contributed by atoms with E-state index >= 15 is 0 Å². The minimum Gasteiger partial charge on any atom is -0.399 e. The summed E-state index contributed by atoms with van der Waals surface area (Å²) in [5, 5.41) is 3.04. The lowest BCUT2D eigenvalue weighted by Gasteiger charge is -2.13. The molecular weight excluding hydrogens is 236 g/mol. The number of carbonyl (C=O) groups excluding carboxylic acids is 1. The Kier molecular flexibility index (Phi) is 4.46. The highest BCUT2D eigenvalue weighted by atomic mass is 16.1. The predicted octanol–water partition coefficient (Wildman–Crippen LogP) is 3.79. The summed E-state index contributed by atoms with van der Waals surface area (Å²) >= 11 is 0. The third-order valence-corrected chi connectivity index (χ3v) is 4.07. The predicted molar refractivity (Wildman–Crippen MR) is 80.2 cm³/mol. The molecule has 104 valence electrons. The molecule has 1 fully saturated rings. The smallest absolute Gasteiger partial charge is 0.224 e. The van der Waals surface area contributed by atoms with Crippen molar-refractivity contribution < 1.29 is 4.79 Å². The fourth-order valence-corrected chi connectivity index (χ4v) is 3.03. The Morgan fingerprint density at radius 2 is 1.84 bits per heavy atom. The van der Waals surface area contributed by atoms with Gasteiger partial charge in [-0.3, -0.25) is 4.79 Å². The van der Waals surface area contributed by atoms with Crippen LogP contribution < -0.4 is 11.1 Å². The van der Waals surface area contributed by atoms with E-state index in [2.05, 4.69) is 5.32 Å². The summed E-state index contributed by atoms with van der Waals surface area (Å²) in [5.74, 6) is 0.891. The average Bonchev–Trinajstić information content (AvgIpc) is 2.84. The molecule has 3 heteroatoms. The number of nitrogen functional groups attached to an aromatic ring is 1. The first kappa shape index (κ1) is 13.9. The van der Waals surface area contributed by atoms with Gasteiger partial charge >= 0.3 is 0 Å². The summed E-state index contributed by atoms with van der Waals surface area (Å²) in [5.41, 5.74) is 9.53. The third kappa shape index (κ3) is 3.72. The molecule has 1 saturated carbocycles. The zero-order valence-electron chi connectivity index (χ0n) is 12.0. The van der Waals surface area contributed by atoms with E-state index in [9.17, 15) is 4.79 Å². The molecule has 1 aromatic rings.